The van der Waals surface area contributed by atoms with Crippen molar-refractivity contribution in [3.05, 3.63) is 29.5 Å². The third-order valence-corrected chi connectivity index (χ3v) is 5.03. The van der Waals surface area contributed by atoms with Gasteiger partial charge in [0.2, 0.25) is 0 Å². The van der Waals surface area contributed by atoms with Gasteiger partial charge in [0.25, 0.3) is 0 Å². The molecule has 80 valence electrons. The van der Waals surface area contributed by atoms with Gasteiger partial charge in [-0.3, -0.25) is 0 Å². The molecule has 1 aromatic heterocycles. The first-order valence-corrected chi connectivity index (χ1v) is 8.90. The molecular weight excluding hydrogens is 200 g/mol. The Balaban J connectivity index is 2.86. The van der Waals surface area contributed by atoms with E-state index in [-0.39, 0.29) is 0 Å². The van der Waals surface area contributed by atoms with Gasteiger partial charge in [-0.05, 0) is 30.7 Å². The first-order chi connectivity index (χ1) is 6.91. The highest BCUT2D eigenvalue weighted by atomic mass is 28.3. The molecule has 0 fully saturated rings. The molecule has 1 heterocycles. The zero-order valence-corrected chi connectivity index (χ0v) is 11.1. The van der Waals surface area contributed by atoms with Crippen LogP contribution in [0.25, 0.3) is 11.0 Å². The molecule has 1 nitrogen and oxygen atoms in total. The number of fused-ring (bicyclic) bond motifs is 1. The van der Waals surface area contributed by atoms with Crippen molar-refractivity contribution in [1.29, 1.82) is 0 Å². The van der Waals surface area contributed by atoms with Crippen LogP contribution in [0.4, 0.5) is 0 Å². The third kappa shape index (κ3) is 1.63. The molecule has 0 aliphatic rings. The highest BCUT2D eigenvalue weighted by molar-refractivity contribution is 6.90. The predicted molar refractivity (Wildman–Crippen MR) is 68.7 cm³/mol. The molecule has 0 atom stereocenters. The van der Waals surface area contributed by atoms with E-state index in [1.165, 1.54) is 16.1 Å². The summed E-state index contributed by atoms with van der Waals surface area (Å²) in [5.41, 5.74) is 2.35. The van der Waals surface area contributed by atoms with E-state index in [4.69, 9.17) is 4.42 Å². The molecule has 0 N–H and O–H groups in total. The molecule has 2 rings (SSSR count). The number of hydrogen-bond donors (Lipinski definition) is 0. The summed E-state index contributed by atoms with van der Waals surface area (Å²) in [5, 5.41) is 2.86. The zero-order chi connectivity index (χ0) is 11.2. The maximum absolute atomic E-state index is 5.76. The Morgan fingerprint density at radius 3 is 2.33 bits per heavy atom. The van der Waals surface area contributed by atoms with Crippen LogP contribution < -0.4 is 5.19 Å². The van der Waals surface area contributed by atoms with Crippen LogP contribution in [0.2, 0.25) is 19.6 Å². The minimum absolute atomic E-state index is 1.05. The van der Waals surface area contributed by atoms with Gasteiger partial charge in [0.15, 0.2) is 0 Å². The predicted octanol–water partition coefficient (Wildman–Crippen LogP) is 3.59. The number of hydrogen-bond acceptors (Lipinski definition) is 1. The molecule has 0 saturated carbocycles. The van der Waals surface area contributed by atoms with Crippen LogP contribution in [0.3, 0.4) is 0 Å². The monoisotopic (exact) mass is 218 g/mol. The lowest BCUT2D eigenvalue weighted by atomic mass is 10.1. The Kier molecular flexibility index (Phi) is 2.27. The van der Waals surface area contributed by atoms with Gasteiger partial charge in [-0.2, -0.15) is 0 Å². The second-order valence-electron chi connectivity index (χ2n) is 5.21. The maximum Gasteiger partial charge on any atom is 0.134 e. The van der Waals surface area contributed by atoms with Gasteiger partial charge in [-0.1, -0.05) is 31.8 Å². The molecule has 0 radical (unpaired) electrons. The maximum atomic E-state index is 5.76. The number of aryl methyl sites for hydroxylation is 2. The SMILES string of the molecule is Cc1oc2cccc([Si](C)(C)C)c2c1C. The lowest BCUT2D eigenvalue weighted by Gasteiger charge is -2.17. The molecule has 0 aliphatic heterocycles. The lowest BCUT2D eigenvalue weighted by Crippen LogP contribution is -2.38. The van der Waals surface area contributed by atoms with Gasteiger partial charge in [0.1, 0.15) is 11.3 Å². The summed E-state index contributed by atoms with van der Waals surface area (Å²) in [6.45, 7) is 11.3. The van der Waals surface area contributed by atoms with Crippen LogP contribution in [0.15, 0.2) is 22.6 Å². The van der Waals surface area contributed by atoms with Crippen molar-refractivity contribution in [2.45, 2.75) is 33.5 Å². The topological polar surface area (TPSA) is 13.1 Å². The summed E-state index contributed by atoms with van der Waals surface area (Å²) >= 11 is 0. The van der Waals surface area contributed by atoms with Crippen molar-refractivity contribution in [3.8, 4) is 0 Å². The number of furan rings is 1. The summed E-state index contributed by atoms with van der Waals surface area (Å²) in [6, 6.07) is 6.44. The van der Waals surface area contributed by atoms with E-state index in [1.807, 2.05) is 6.92 Å². The zero-order valence-electron chi connectivity index (χ0n) is 10.1. The second-order valence-corrected chi connectivity index (χ2v) is 10.3. The van der Waals surface area contributed by atoms with E-state index in [1.54, 1.807) is 0 Å². The Morgan fingerprint density at radius 1 is 1.07 bits per heavy atom. The van der Waals surface area contributed by atoms with Crippen molar-refractivity contribution in [2.24, 2.45) is 0 Å². The summed E-state index contributed by atoms with van der Waals surface area (Å²) in [6.07, 6.45) is 0. The summed E-state index contributed by atoms with van der Waals surface area (Å²) in [5.74, 6) is 1.05. The lowest BCUT2D eigenvalue weighted by molar-refractivity contribution is 0.575. The average Bonchev–Trinajstić information content (AvgIpc) is 2.41. The van der Waals surface area contributed by atoms with Crippen LogP contribution in [0.5, 0.6) is 0 Å². The Bertz CT molecular complexity index is 503. The van der Waals surface area contributed by atoms with E-state index in [9.17, 15) is 0 Å². The van der Waals surface area contributed by atoms with Crippen molar-refractivity contribution in [1.82, 2.24) is 0 Å². The van der Waals surface area contributed by atoms with Crippen LogP contribution in [0.1, 0.15) is 11.3 Å². The van der Waals surface area contributed by atoms with Crippen LogP contribution >= 0.6 is 0 Å². The van der Waals surface area contributed by atoms with Crippen molar-refractivity contribution >= 4 is 24.2 Å². The molecular formula is C13H18OSi. The van der Waals surface area contributed by atoms with Gasteiger partial charge in [-0.25, -0.2) is 0 Å². The minimum atomic E-state index is -1.28. The van der Waals surface area contributed by atoms with Gasteiger partial charge >= 0.3 is 0 Å². The summed E-state index contributed by atoms with van der Waals surface area (Å²) < 4.78 is 5.76. The molecule has 1 aromatic carbocycles. The normalized spacial score (nSPS) is 12.3. The van der Waals surface area contributed by atoms with E-state index >= 15 is 0 Å². The van der Waals surface area contributed by atoms with Gasteiger partial charge in [0, 0.05) is 5.39 Å². The fourth-order valence-corrected chi connectivity index (χ4v) is 3.70. The summed E-state index contributed by atoms with van der Waals surface area (Å²) in [4.78, 5) is 0. The van der Waals surface area contributed by atoms with Crippen LogP contribution in [-0.4, -0.2) is 8.07 Å². The molecule has 2 aromatic rings. The Hall–Kier alpha value is -1.02. The van der Waals surface area contributed by atoms with Crippen molar-refractivity contribution < 1.29 is 4.42 Å². The minimum Gasteiger partial charge on any atom is -0.461 e. The highest BCUT2D eigenvalue weighted by Gasteiger charge is 2.22. The van der Waals surface area contributed by atoms with Crippen LogP contribution in [0, 0.1) is 13.8 Å². The fraction of sp³-hybridized carbons (Fsp3) is 0.385. The molecule has 2 heteroatoms. The standard InChI is InChI=1S/C13H18OSi/c1-9-10(2)14-11-7-6-8-12(13(9)11)15(3,4)5/h6-8H,1-5H3. The van der Waals surface area contributed by atoms with Gasteiger partial charge < -0.3 is 4.42 Å². The molecule has 0 aliphatic carbocycles. The summed E-state index contributed by atoms with van der Waals surface area (Å²) in [7, 11) is -1.28. The Morgan fingerprint density at radius 2 is 1.73 bits per heavy atom. The highest BCUT2D eigenvalue weighted by Crippen LogP contribution is 2.24. The molecule has 0 amide bonds. The van der Waals surface area contributed by atoms with E-state index < -0.39 is 8.07 Å². The van der Waals surface area contributed by atoms with Crippen molar-refractivity contribution in [3.63, 3.8) is 0 Å². The van der Waals surface area contributed by atoms with Gasteiger partial charge in [-0.15, -0.1) is 0 Å². The van der Waals surface area contributed by atoms with Crippen LogP contribution in [-0.2, 0) is 0 Å². The number of rotatable bonds is 1. The van der Waals surface area contributed by atoms with E-state index in [2.05, 4.69) is 44.8 Å². The molecule has 0 unspecified atom stereocenters. The molecule has 15 heavy (non-hydrogen) atoms. The first kappa shape index (κ1) is 10.5. The van der Waals surface area contributed by atoms with E-state index in [0.717, 1.165) is 11.3 Å². The largest absolute Gasteiger partial charge is 0.461 e. The van der Waals surface area contributed by atoms with Gasteiger partial charge in [0.05, 0.1) is 8.07 Å². The third-order valence-electron chi connectivity index (χ3n) is 3.00. The molecule has 0 saturated heterocycles. The van der Waals surface area contributed by atoms with E-state index in [0.29, 0.717) is 0 Å². The van der Waals surface area contributed by atoms with Crippen molar-refractivity contribution in [2.75, 3.05) is 0 Å². The average molecular weight is 218 g/mol. The molecule has 0 spiro atoms. The fourth-order valence-electron chi connectivity index (χ4n) is 2.05. The first-order valence-electron chi connectivity index (χ1n) is 5.40. The Labute approximate surface area is 92.1 Å². The smallest absolute Gasteiger partial charge is 0.134 e. The number of benzene rings is 1. The quantitative estimate of drug-likeness (QED) is 0.667. The molecule has 0 bridgehead atoms. The second kappa shape index (κ2) is 3.24.